The van der Waals surface area contributed by atoms with Crippen molar-refractivity contribution in [3.8, 4) is 0 Å². The number of aromatic amines is 1. The lowest BCUT2D eigenvalue weighted by Gasteiger charge is -2.10. The van der Waals surface area contributed by atoms with Gasteiger partial charge in [-0.2, -0.15) is 0 Å². The highest BCUT2D eigenvalue weighted by atomic mass is 19.1. The molecule has 1 heterocycles. The predicted octanol–water partition coefficient (Wildman–Crippen LogP) is 2.28. The van der Waals surface area contributed by atoms with Gasteiger partial charge in [0.25, 0.3) is 11.5 Å². The van der Waals surface area contributed by atoms with Crippen LogP contribution in [0.4, 0.5) is 10.1 Å². The number of hydrogen-bond donors (Lipinski definition) is 2. The van der Waals surface area contributed by atoms with Crippen molar-refractivity contribution < 1.29 is 9.18 Å². The Balaban J connectivity index is 1.96. The molecule has 0 radical (unpaired) electrons. The summed E-state index contributed by atoms with van der Waals surface area (Å²) in [7, 11) is 0. The van der Waals surface area contributed by atoms with Gasteiger partial charge in [0, 0.05) is 17.4 Å². The molecule has 6 nitrogen and oxygen atoms in total. The Labute approximate surface area is 147 Å². The van der Waals surface area contributed by atoms with Crippen LogP contribution in [-0.4, -0.2) is 15.5 Å². The van der Waals surface area contributed by atoms with E-state index in [-0.39, 0.29) is 17.7 Å². The van der Waals surface area contributed by atoms with Crippen LogP contribution in [0.25, 0.3) is 0 Å². The molecular weight excluding hydrogens is 337 g/mol. The van der Waals surface area contributed by atoms with Gasteiger partial charge in [0.15, 0.2) is 0 Å². The highest BCUT2D eigenvalue weighted by molar-refractivity contribution is 6.04. The molecule has 0 spiro atoms. The molecule has 1 amide bonds. The smallest absolute Gasteiger partial charge is 0.322 e. The summed E-state index contributed by atoms with van der Waals surface area (Å²) in [6.07, 6.45) is 1.07. The minimum atomic E-state index is -0.789. The predicted molar refractivity (Wildman–Crippen MR) is 96.0 cm³/mol. The molecule has 26 heavy (non-hydrogen) atoms. The Kier molecular flexibility index (Phi) is 4.79. The standard InChI is InChI=1S/C19H16FN3O3/c1-12-6-2-5-9-16(12)22-17(24)14-10-21-19(26)23(18(14)25)11-13-7-3-4-8-15(13)20/h2-10H,11H2,1H3,(H,21,26)(H,22,24). The van der Waals surface area contributed by atoms with Gasteiger partial charge in [-0.05, 0) is 24.6 Å². The van der Waals surface area contributed by atoms with E-state index in [2.05, 4.69) is 10.3 Å². The fraction of sp³-hybridized carbons (Fsp3) is 0.105. The molecule has 2 aromatic carbocycles. The van der Waals surface area contributed by atoms with Crippen LogP contribution in [0.5, 0.6) is 0 Å². The highest BCUT2D eigenvalue weighted by Crippen LogP contribution is 2.13. The topological polar surface area (TPSA) is 84.0 Å². The van der Waals surface area contributed by atoms with Gasteiger partial charge >= 0.3 is 5.69 Å². The molecule has 0 fully saturated rings. The molecule has 0 saturated heterocycles. The molecule has 7 heteroatoms. The third kappa shape index (κ3) is 3.46. The second-order valence-electron chi connectivity index (χ2n) is 5.76. The molecular formula is C19H16FN3O3. The number of benzene rings is 2. The number of para-hydroxylation sites is 1. The molecule has 2 N–H and O–H groups in total. The third-order valence-corrected chi connectivity index (χ3v) is 3.98. The van der Waals surface area contributed by atoms with Crippen LogP contribution in [0.2, 0.25) is 0 Å². The van der Waals surface area contributed by atoms with Crippen LogP contribution in [-0.2, 0) is 6.54 Å². The summed E-state index contributed by atoms with van der Waals surface area (Å²) in [6.45, 7) is 1.55. The Hall–Kier alpha value is -3.48. The number of carbonyl (C=O) groups excluding carboxylic acids is 1. The number of aryl methyl sites for hydroxylation is 1. The molecule has 0 aliphatic heterocycles. The lowest BCUT2D eigenvalue weighted by Crippen LogP contribution is -2.39. The second kappa shape index (κ2) is 7.18. The number of aromatic nitrogens is 2. The van der Waals surface area contributed by atoms with E-state index < -0.39 is 23.0 Å². The first kappa shape index (κ1) is 17.3. The van der Waals surface area contributed by atoms with Gasteiger partial charge in [-0.1, -0.05) is 36.4 Å². The molecule has 0 saturated carbocycles. The Bertz CT molecular complexity index is 1090. The van der Waals surface area contributed by atoms with Crippen molar-refractivity contribution in [2.45, 2.75) is 13.5 Å². The van der Waals surface area contributed by atoms with Crippen molar-refractivity contribution in [2.75, 3.05) is 5.32 Å². The molecule has 3 rings (SSSR count). The Morgan fingerprint density at radius 1 is 1.12 bits per heavy atom. The molecule has 0 unspecified atom stereocenters. The minimum absolute atomic E-state index is 0.177. The number of nitrogens with zero attached hydrogens (tertiary/aromatic N) is 1. The van der Waals surface area contributed by atoms with Crippen molar-refractivity contribution in [3.05, 3.63) is 98.1 Å². The number of halogens is 1. The average Bonchev–Trinajstić information content (AvgIpc) is 2.62. The van der Waals surface area contributed by atoms with E-state index in [1.165, 1.54) is 18.2 Å². The number of rotatable bonds is 4. The van der Waals surface area contributed by atoms with Crippen LogP contribution in [0, 0.1) is 12.7 Å². The van der Waals surface area contributed by atoms with E-state index >= 15 is 0 Å². The maximum atomic E-state index is 13.8. The summed E-state index contributed by atoms with van der Waals surface area (Å²) in [5.41, 5.74) is -0.171. The molecule has 0 bridgehead atoms. The van der Waals surface area contributed by atoms with Crippen LogP contribution >= 0.6 is 0 Å². The van der Waals surface area contributed by atoms with Crippen molar-refractivity contribution >= 4 is 11.6 Å². The monoisotopic (exact) mass is 353 g/mol. The number of carbonyl (C=O) groups is 1. The number of hydrogen-bond acceptors (Lipinski definition) is 3. The molecule has 0 aliphatic rings. The molecule has 132 valence electrons. The highest BCUT2D eigenvalue weighted by Gasteiger charge is 2.16. The van der Waals surface area contributed by atoms with Crippen LogP contribution in [0.3, 0.4) is 0 Å². The summed E-state index contributed by atoms with van der Waals surface area (Å²) in [6, 6.07) is 12.9. The zero-order valence-corrected chi connectivity index (χ0v) is 14.0. The van der Waals surface area contributed by atoms with Crippen LogP contribution < -0.4 is 16.6 Å². The van der Waals surface area contributed by atoms with Crippen LogP contribution in [0.15, 0.2) is 64.3 Å². The number of anilines is 1. The van der Waals surface area contributed by atoms with Crippen molar-refractivity contribution in [2.24, 2.45) is 0 Å². The first-order chi connectivity index (χ1) is 12.5. The summed E-state index contributed by atoms with van der Waals surface area (Å²) < 4.78 is 14.6. The van der Waals surface area contributed by atoms with E-state index in [0.29, 0.717) is 5.69 Å². The van der Waals surface area contributed by atoms with Gasteiger partial charge in [0.05, 0.1) is 6.54 Å². The van der Waals surface area contributed by atoms with Crippen molar-refractivity contribution in [1.82, 2.24) is 9.55 Å². The fourth-order valence-electron chi connectivity index (χ4n) is 2.52. The van der Waals surface area contributed by atoms with Gasteiger partial charge in [-0.3, -0.25) is 14.2 Å². The lowest BCUT2D eigenvalue weighted by atomic mass is 10.2. The van der Waals surface area contributed by atoms with Gasteiger partial charge in [0.1, 0.15) is 11.4 Å². The first-order valence-electron chi connectivity index (χ1n) is 7.90. The summed E-state index contributed by atoms with van der Waals surface area (Å²) >= 11 is 0. The molecule has 3 aromatic rings. The summed E-state index contributed by atoms with van der Waals surface area (Å²) in [5, 5.41) is 2.64. The van der Waals surface area contributed by atoms with E-state index in [0.717, 1.165) is 16.3 Å². The van der Waals surface area contributed by atoms with Gasteiger partial charge in [-0.15, -0.1) is 0 Å². The zero-order chi connectivity index (χ0) is 18.7. The first-order valence-corrected chi connectivity index (χ1v) is 7.90. The maximum Gasteiger partial charge on any atom is 0.328 e. The minimum Gasteiger partial charge on any atom is -0.322 e. The Morgan fingerprint density at radius 3 is 2.54 bits per heavy atom. The normalized spacial score (nSPS) is 10.5. The SMILES string of the molecule is Cc1ccccc1NC(=O)c1c[nH]c(=O)n(Cc2ccccc2F)c1=O. The lowest BCUT2D eigenvalue weighted by molar-refractivity contribution is 0.102. The fourth-order valence-corrected chi connectivity index (χ4v) is 2.52. The van der Waals surface area contributed by atoms with Gasteiger partial charge < -0.3 is 10.3 Å². The summed E-state index contributed by atoms with van der Waals surface area (Å²) in [4.78, 5) is 39.4. The third-order valence-electron chi connectivity index (χ3n) is 3.98. The maximum absolute atomic E-state index is 13.8. The van der Waals surface area contributed by atoms with E-state index in [1.807, 2.05) is 19.1 Å². The van der Waals surface area contributed by atoms with E-state index in [1.54, 1.807) is 18.2 Å². The quantitative estimate of drug-likeness (QED) is 0.755. The van der Waals surface area contributed by atoms with Gasteiger partial charge in [-0.25, -0.2) is 9.18 Å². The molecule has 0 aliphatic carbocycles. The zero-order valence-electron chi connectivity index (χ0n) is 14.0. The van der Waals surface area contributed by atoms with E-state index in [4.69, 9.17) is 0 Å². The molecule has 0 atom stereocenters. The van der Waals surface area contributed by atoms with E-state index in [9.17, 15) is 18.8 Å². The van der Waals surface area contributed by atoms with Crippen LogP contribution in [0.1, 0.15) is 21.5 Å². The van der Waals surface area contributed by atoms with Gasteiger partial charge in [0.2, 0.25) is 0 Å². The summed E-state index contributed by atoms with van der Waals surface area (Å²) in [5.74, 6) is -1.18. The average molecular weight is 353 g/mol. The van der Waals surface area contributed by atoms with Crippen molar-refractivity contribution in [3.63, 3.8) is 0 Å². The number of nitrogens with one attached hydrogen (secondary N) is 2. The molecule has 1 aromatic heterocycles. The second-order valence-corrected chi connectivity index (χ2v) is 5.76. The number of H-pyrrole nitrogens is 1. The number of amides is 1. The van der Waals surface area contributed by atoms with Crippen molar-refractivity contribution in [1.29, 1.82) is 0 Å². The largest absolute Gasteiger partial charge is 0.328 e. The Morgan fingerprint density at radius 2 is 1.81 bits per heavy atom.